The van der Waals surface area contributed by atoms with Crippen molar-refractivity contribution in [1.29, 1.82) is 0 Å². The number of rotatable bonds is 4. The highest BCUT2D eigenvalue weighted by Gasteiger charge is 2.18. The van der Waals surface area contributed by atoms with Crippen LogP contribution in [0.1, 0.15) is 15.2 Å². The van der Waals surface area contributed by atoms with Crippen LogP contribution in [0.3, 0.4) is 0 Å². The normalized spacial score (nSPS) is 11.2. The molecule has 0 saturated carbocycles. The van der Waals surface area contributed by atoms with Crippen molar-refractivity contribution in [3.05, 3.63) is 95.5 Å². The second-order valence-corrected chi connectivity index (χ2v) is 6.64. The molecule has 25 heavy (non-hydrogen) atoms. The molecular formula is C22H15NOS. The molecule has 0 spiro atoms. The largest absolute Gasteiger partial charge is 0.288 e. The van der Waals surface area contributed by atoms with Gasteiger partial charge < -0.3 is 0 Å². The first kappa shape index (κ1) is 15.5. The molecule has 0 aliphatic rings. The quantitative estimate of drug-likeness (QED) is 0.344. The molecule has 0 amide bonds. The minimum atomic E-state index is 0.00528. The summed E-state index contributed by atoms with van der Waals surface area (Å²) in [6.07, 6.45) is 5.27. The van der Waals surface area contributed by atoms with Crippen LogP contribution >= 0.6 is 11.3 Å². The molecule has 0 aliphatic carbocycles. The van der Waals surface area contributed by atoms with Crippen LogP contribution in [0.2, 0.25) is 0 Å². The van der Waals surface area contributed by atoms with E-state index in [0.29, 0.717) is 0 Å². The van der Waals surface area contributed by atoms with Gasteiger partial charge in [0.25, 0.3) is 0 Å². The monoisotopic (exact) mass is 341 g/mol. The fourth-order valence-electron chi connectivity index (χ4n) is 2.81. The Labute approximate surface area is 150 Å². The standard InChI is InChI=1S/C22H15NOS/c24-19(14-13-16-8-3-1-4-9-16)21-20(17-10-5-2-6-11-17)18-12-7-15-23-22(18)25-21/h1-15H/b14-13+. The van der Waals surface area contributed by atoms with Crippen molar-refractivity contribution in [3.8, 4) is 11.1 Å². The number of ketones is 1. The Morgan fingerprint density at radius 2 is 1.60 bits per heavy atom. The lowest BCUT2D eigenvalue weighted by atomic mass is 10.0. The summed E-state index contributed by atoms with van der Waals surface area (Å²) in [4.78, 5) is 18.9. The maximum Gasteiger partial charge on any atom is 0.196 e. The number of nitrogens with zero attached hydrogens (tertiary/aromatic N) is 1. The van der Waals surface area contributed by atoms with E-state index >= 15 is 0 Å². The van der Waals surface area contributed by atoms with Gasteiger partial charge in [-0.3, -0.25) is 4.79 Å². The summed E-state index contributed by atoms with van der Waals surface area (Å²) in [5.74, 6) is 0.00528. The average Bonchev–Trinajstić information content (AvgIpc) is 3.07. The number of hydrogen-bond acceptors (Lipinski definition) is 3. The first-order valence-corrected chi connectivity index (χ1v) is 8.85. The molecule has 2 aromatic heterocycles. The number of hydrogen-bond donors (Lipinski definition) is 0. The summed E-state index contributed by atoms with van der Waals surface area (Å²) in [7, 11) is 0. The van der Waals surface area contributed by atoms with E-state index in [1.807, 2.05) is 78.9 Å². The van der Waals surface area contributed by atoms with Crippen LogP contribution < -0.4 is 0 Å². The van der Waals surface area contributed by atoms with E-state index in [0.717, 1.165) is 31.8 Å². The van der Waals surface area contributed by atoms with Gasteiger partial charge in [-0.15, -0.1) is 11.3 Å². The Balaban J connectivity index is 1.81. The third kappa shape index (κ3) is 3.14. The van der Waals surface area contributed by atoms with Crippen LogP contribution in [-0.4, -0.2) is 10.8 Å². The summed E-state index contributed by atoms with van der Waals surface area (Å²) in [5.41, 5.74) is 3.02. The van der Waals surface area contributed by atoms with Gasteiger partial charge in [-0.05, 0) is 29.3 Å². The molecule has 2 aromatic carbocycles. The zero-order valence-corrected chi connectivity index (χ0v) is 14.2. The predicted molar refractivity (Wildman–Crippen MR) is 105 cm³/mol. The van der Waals surface area contributed by atoms with Gasteiger partial charge in [0.1, 0.15) is 4.83 Å². The van der Waals surface area contributed by atoms with E-state index in [1.165, 1.54) is 11.3 Å². The molecule has 0 bridgehead atoms. The molecule has 4 rings (SSSR count). The molecule has 3 heteroatoms. The van der Waals surface area contributed by atoms with Gasteiger partial charge in [0.05, 0.1) is 4.88 Å². The number of aromatic nitrogens is 1. The second kappa shape index (κ2) is 6.83. The van der Waals surface area contributed by atoms with E-state index in [2.05, 4.69) is 4.98 Å². The topological polar surface area (TPSA) is 30.0 Å². The average molecular weight is 341 g/mol. The SMILES string of the molecule is O=C(/C=C/c1ccccc1)c1sc2ncccc2c1-c1ccccc1. The highest BCUT2D eigenvalue weighted by atomic mass is 32.1. The lowest BCUT2D eigenvalue weighted by Crippen LogP contribution is -1.93. The fourth-order valence-corrected chi connectivity index (χ4v) is 3.89. The minimum Gasteiger partial charge on any atom is -0.288 e. The van der Waals surface area contributed by atoms with Crippen LogP contribution in [0, 0.1) is 0 Å². The number of benzene rings is 2. The zero-order chi connectivity index (χ0) is 17.1. The molecular weight excluding hydrogens is 326 g/mol. The van der Waals surface area contributed by atoms with E-state index < -0.39 is 0 Å². The molecule has 0 radical (unpaired) electrons. The Hall–Kier alpha value is -3.04. The number of pyridine rings is 1. The van der Waals surface area contributed by atoms with Gasteiger partial charge in [0.2, 0.25) is 0 Å². The molecule has 120 valence electrons. The lowest BCUT2D eigenvalue weighted by molar-refractivity contribution is 0.105. The van der Waals surface area contributed by atoms with Crippen molar-refractivity contribution in [1.82, 2.24) is 4.98 Å². The van der Waals surface area contributed by atoms with Gasteiger partial charge in [-0.2, -0.15) is 0 Å². The number of carbonyl (C=O) groups is 1. The van der Waals surface area contributed by atoms with Crippen LogP contribution in [0.5, 0.6) is 0 Å². The third-order valence-electron chi connectivity index (χ3n) is 3.98. The summed E-state index contributed by atoms with van der Waals surface area (Å²) < 4.78 is 0. The van der Waals surface area contributed by atoms with E-state index in [1.54, 1.807) is 12.3 Å². The van der Waals surface area contributed by atoms with Gasteiger partial charge >= 0.3 is 0 Å². The van der Waals surface area contributed by atoms with Crippen molar-refractivity contribution < 1.29 is 4.79 Å². The van der Waals surface area contributed by atoms with Gasteiger partial charge in [0, 0.05) is 17.1 Å². The summed E-state index contributed by atoms with van der Waals surface area (Å²) in [6.45, 7) is 0. The Kier molecular flexibility index (Phi) is 4.23. The highest BCUT2D eigenvalue weighted by molar-refractivity contribution is 7.21. The Bertz CT molecular complexity index is 1050. The van der Waals surface area contributed by atoms with Gasteiger partial charge in [-0.25, -0.2) is 4.98 Å². The highest BCUT2D eigenvalue weighted by Crippen LogP contribution is 2.38. The minimum absolute atomic E-state index is 0.00528. The van der Waals surface area contributed by atoms with Crippen LogP contribution in [-0.2, 0) is 0 Å². The van der Waals surface area contributed by atoms with Crippen LogP contribution in [0.15, 0.2) is 85.1 Å². The number of allylic oxidation sites excluding steroid dienone is 1. The van der Waals surface area contributed by atoms with Crippen molar-refractivity contribution in [2.24, 2.45) is 0 Å². The van der Waals surface area contributed by atoms with Crippen molar-refractivity contribution in [3.63, 3.8) is 0 Å². The smallest absolute Gasteiger partial charge is 0.196 e. The van der Waals surface area contributed by atoms with E-state index in [-0.39, 0.29) is 5.78 Å². The third-order valence-corrected chi connectivity index (χ3v) is 5.11. The van der Waals surface area contributed by atoms with Gasteiger partial charge in [-0.1, -0.05) is 66.7 Å². The second-order valence-electron chi connectivity index (χ2n) is 5.64. The number of fused-ring (bicyclic) bond motifs is 1. The molecule has 0 atom stereocenters. The Morgan fingerprint density at radius 1 is 0.880 bits per heavy atom. The molecule has 2 nitrogen and oxygen atoms in total. The Morgan fingerprint density at radius 3 is 2.36 bits per heavy atom. The maximum atomic E-state index is 12.9. The van der Waals surface area contributed by atoms with Gasteiger partial charge in [0.15, 0.2) is 5.78 Å². The van der Waals surface area contributed by atoms with E-state index in [9.17, 15) is 4.79 Å². The molecule has 0 unspecified atom stereocenters. The molecule has 0 aliphatic heterocycles. The summed E-state index contributed by atoms with van der Waals surface area (Å²) in [5, 5.41) is 1.02. The van der Waals surface area contributed by atoms with Crippen LogP contribution in [0.4, 0.5) is 0 Å². The number of thiophene rings is 1. The van der Waals surface area contributed by atoms with E-state index in [4.69, 9.17) is 0 Å². The molecule has 2 heterocycles. The first-order valence-electron chi connectivity index (χ1n) is 8.03. The fraction of sp³-hybridized carbons (Fsp3) is 0. The maximum absolute atomic E-state index is 12.9. The van der Waals surface area contributed by atoms with Crippen molar-refractivity contribution >= 4 is 33.4 Å². The lowest BCUT2D eigenvalue weighted by Gasteiger charge is -2.02. The molecule has 0 fully saturated rings. The zero-order valence-electron chi connectivity index (χ0n) is 13.4. The van der Waals surface area contributed by atoms with Crippen molar-refractivity contribution in [2.75, 3.05) is 0 Å². The summed E-state index contributed by atoms with van der Waals surface area (Å²) >= 11 is 1.45. The molecule has 0 saturated heterocycles. The molecule has 0 N–H and O–H groups in total. The predicted octanol–water partition coefficient (Wildman–Crippen LogP) is 5.86. The first-order chi connectivity index (χ1) is 12.3. The number of carbonyl (C=O) groups excluding carboxylic acids is 1. The molecule has 4 aromatic rings. The summed E-state index contributed by atoms with van der Waals surface area (Å²) in [6, 6.07) is 23.8. The van der Waals surface area contributed by atoms with Crippen LogP contribution in [0.25, 0.3) is 27.4 Å². The van der Waals surface area contributed by atoms with Crippen molar-refractivity contribution in [2.45, 2.75) is 0 Å².